The second kappa shape index (κ2) is 6.54. The Morgan fingerprint density at radius 3 is 3.00 bits per heavy atom. The summed E-state index contributed by atoms with van der Waals surface area (Å²) in [5, 5.41) is 4.60. The van der Waals surface area contributed by atoms with Crippen LogP contribution in [0.4, 0.5) is 0 Å². The number of oxazole rings is 1. The number of hydrogen-bond donors (Lipinski definition) is 1. The monoisotopic (exact) mass is 304 g/mol. The van der Waals surface area contributed by atoms with E-state index in [1.807, 2.05) is 19.1 Å². The molecule has 1 N–H and O–H groups in total. The van der Waals surface area contributed by atoms with Crippen LogP contribution in [0.25, 0.3) is 0 Å². The van der Waals surface area contributed by atoms with Crippen LogP contribution in [0.3, 0.4) is 0 Å². The van der Waals surface area contributed by atoms with Gasteiger partial charge in [-0.2, -0.15) is 0 Å². The number of rotatable bonds is 5. The van der Waals surface area contributed by atoms with Crippen LogP contribution in [0.2, 0.25) is 0 Å². The third-order valence-electron chi connectivity index (χ3n) is 3.49. The third-order valence-corrected chi connectivity index (χ3v) is 4.59. The Labute approximate surface area is 129 Å². The standard InChI is InChI=1S/C16H20N2O2S/c1-3-8-17-15-12-6-4-5-7-13(12)19-10-14(15)21-16-18-11(2)9-20-16/h4-7,9,14-15,17H,3,8,10H2,1-2H3. The number of ether oxygens (including phenoxy) is 1. The van der Waals surface area contributed by atoms with Crippen LogP contribution in [0.15, 0.2) is 40.2 Å². The molecule has 1 aromatic carbocycles. The number of benzene rings is 1. The Balaban J connectivity index is 1.82. The van der Waals surface area contributed by atoms with E-state index in [0.29, 0.717) is 11.8 Å². The van der Waals surface area contributed by atoms with Gasteiger partial charge in [-0.05, 0) is 26.0 Å². The van der Waals surface area contributed by atoms with Crippen LogP contribution in [0.1, 0.15) is 30.6 Å². The molecule has 2 atom stereocenters. The minimum absolute atomic E-state index is 0.254. The first-order valence-electron chi connectivity index (χ1n) is 7.32. The molecule has 0 saturated carbocycles. The van der Waals surface area contributed by atoms with Crippen molar-refractivity contribution in [2.45, 2.75) is 36.8 Å². The molecule has 21 heavy (non-hydrogen) atoms. The summed E-state index contributed by atoms with van der Waals surface area (Å²) in [6, 6.07) is 8.50. The van der Waals surface area contributed by atoms with Crippen LogP contribution in [-0.2, 0) is 0 Å². The predicted octanol–water partition coefficient (Wildman–Crippen LogP) is 3.58. The van der Waals surface area contributed by atoms with Gasteiger partial charge in [-0.25, -0.2) is 4.98 Å². The Kier molecular flexibility index (Phi) is 4.51. The summed E-state index contributed by atoms with van der Waals surface area (Å²) in [6.07, 6.45) is 2.80. The highest BCUT2D eigenvalue weighted by atomic mass is 32.2. The fourth-order valence-electron chi connectivity index (χ4n) is 2.50. The van der Waals surface area contributed by atoms with Gasteiger partial charge < -0.3 is 14.5 Å². The lowest BCUT2D eigenvalue weighted by molar-refractivity contribution is 0.259. The number of nitrogens with zero attached hydrogens (tertiary/aromatic N) is 1. The topological polar surface area (TPSA) is 47.3 Å². The summed E-state index contributed by atoms with van der Waals surface area (Å²) >= 11 is 1.64. The van der Waals surface area contributed by atoms with E-state index in [4.69, 9.17) is 9.15 Å². The Bertz CT molecular complexity index is 599. The lowest BCUT2D eigenvalue weighted by atomic mass is 10.00. The van der Waals surface area contributed by atoms with Crippen molar-refractivity contribution in [1.29, 1.82) is 0 Å². The first-order chi connectivity index (χ1) is 10.3. The van der Waals surface area contributed by atoms with E-state index in [-0.39, 0.29) is 11.3 Å². The summed E-state index contributed by atoms with van der Waals surface area (Å²) in [7, 11) is 0. The zero-order chi connectivity index (χ0) is 14.7. The summed E-state index contributed by atoms with van der Waals surface area (Å²) in [5.74, 6) is 0.978. The van der Waals surface area contributed by atoms with Gasteiger partial charge in [0.25, 0.3) is 5.22 Å². The van der Waals surface area contributed by atoms with E-state index in [1.165, 1.54) is 5.56 Å². The van der Waals surface area contributed by atoms with Crippen molar-refractivity contribution in [2.24, 2.45) is 0 Å². The molecule has 0 spiro atoms. The van der Waals surface area contributed by atoms with Crippen LogP contribution in [0, 0.1) is 6.92 Å². The van der Waals surface area contributed by atoms with Gasteiger partial charge in [0.05, 0.1) is 17.0 Å². The average molecular weight is 304 g/mol. The summed E-state index contributed by atoms with van der Waals surface area (Å²) < 4.78 is 11.4. The molecule has 4 nitrogen and oxygen atoms in total. The van der Waals surface area contributed by atoms with Crippen molar-refractivity contribution in [2.75, 3.05) is 13.2 Å². The van der Waals surface area contributed by atoms with E-state index >= 15 is 0 Å². The number of para-hydroxylation sites is 1. The van der Waals surface area contributed by atoms with Gasteiger partial charge in [-0.1, -0.05) is 36.9 Å². The van der Waals surface area contributed by atoms with Crippen LogP contribution >= 0.6 is 11.8 Å². The maximum absolute atomic E-state index is 5.90. The molecule has 2 heterocycles. The van der Waals surface area contributed by atoms with Gasteiger partial charge in [0.2, 0.25) is 0 Å². The molecule has 0 aliphatic carbocycles. The molecular formula is C16H20N2O2S. The lowest BCUT2D eigenvalue weighted by Gasteiger charge is -2.33. The van der Waals surface area contributed by atoms with Crippen molar-refractivity contribution < 1.29 is 9.15 Å². The van der Waals surface area contributed by atoms with Crippen molar-refractivity contribution in [1.82, 2.24) is 10.3 Å². The highest BCUT2D eigenvalue weighted by Gasteiger charge is 2.32. The normalized spacial score (nSPS) is 20.9. The number of aryl methyl sites for hydroxylation is 1. The molecule has 0 amide bonds. The number of nitrogens with one attached hydrogen (secondary N) is 1. The van der Waals surface area contributed by atoms with Crippen molar-refractivity contribution >= 4 is 11.8 Å². The van der Waals surface area contributed by atoms with Gasteiger partial charge in [0.1, 0.15) is 18.6 Å². The smallest absolute Gasteiger partial charge is 0.256 e. The molecule has 0 bridgehead atoms. The molecule has 0 radical (unpaired) electrons. The quantitative estimate of drug-likeness (QED) is 0.915. The third kappa shape index (κ3) is 3.24. The van der Waals surface area contributed by atoms with Gasteiger partial charge in [0, 0.05) is 5.56 Å². The average Bonchev–Trinajstić information content (AvgIpc) is 2.91. The molecule has 1 aliphatic heterocycles. The Morgan fingerprint density at radius 2 is 2.24 bits per heavy atom. The van der Waals surface area contributed by atoms with Gasteiger partial charge in [-0.3, -0.25) is 0 Å². The Hall–Kier alpha value is -1.46. The van der Waals surface area contributed by atoms with Gasteiger partial charge >= 0.3 is 0 Å². The maximum Gasteiger partial charge on any atom is 0.256 e. The summed E-state index contributed by atoms with van der Waals surface area (Å²) in [5.41, 5.74) is 2.13. The number of hydrogen-bond acceptors (Lipinski definition) is 5. The van der Waals surface area contributed by atoms with Crippen LogP contribution < -0.4 is 10.1 Å². The molecule has 2 unspecified atom stereocenters. The molecule has 0 fully saturated rings. The molecular weight excluding hydrogens is 284 g/mol. The number of thioether (sulfide) groups is 1. The fourth-order valence-corrected chi connectivity index (χ4v) is 3.57. The number of aromatic nitrogens is 1. The summed E-state index contributed by atoms with van der Waals surface area (Å²) in [6.45, 7) is 5.76. The van der Waals surface area contributed by atoms with Crippen molar-refractivity contribution in [3.63, 3.8) is 0 Å². The first-order valence-corrected chi connectivity index (χ1v) is 8.19. The van der Waals surface area contributed by atoms with E-state index in [0.717, 1.165) is 24.4 Å². The van der Waals surface area contributed by atoms with Crippen molar-refractivity contribution in [3.8, 4) is 5.75 Å². The van der Waals surface area contributed by atoms with Crippen molar-refractivity contribution in [3.05, 3.63) is 41.8 Å². The van der Waals surface area contributed by atoms with E-state index in [9.17, 15) is 0 Å². The molecule has 2 aromatic rings. The number of fused-ring (bicyclic) bond motifs is 1. The second-order valence-corrected chi connectivity index (χ2v) is 6.38. The highest BCUT2D eigenvalue weighted by molar-refractivity contribution is 7.99. The van der Waals surface area contributed by atoms with E-state index in [1.54, 1.807) is 18.0 Å². The fraction of sp³-hybridized carbons (Fsp3) is 0.438. The molecule has 1 aliphatic rings. The minimum atomic E-state index is 0.254. The molecule has 5 heteroatoms. The summed E-state index contributed by atoms with van der Waals surface area (Å²) in [4.78, 5) is 4.39. The maximum atomic E-state index is 5.90. The largest absolute Gasteiger partial charge is 0.492 e. The Morgan fingerprint density at radius 1 is 1.38 bits per heavy atom. The SMILES string of the molecule is CCCNC1c2ccccc2OCC1Sc1nc(C)co1. The molecule has 0 saturated heterocycles. The predicted molar refractivity (Wildman–Crippen MR) is 83.9 cm³/mol. The molecule has 1 aromatic heterocycles. The molecule has 3 rings (SSSR count). The highest BCUT2D eigenvalue weighted by Crippen LogP contribution is 2.39. The first kappa shape index (κ1) is 14.5. The van der Waals surface area contributed by atoms with Gasteiger partial charge in [-0.15, -0.1) is 0 Å². The zero-order valence-electron chi connectivity index (χ0n) is 12.3. The lowest BCUT2D eigenvalue weighted by Crippen LogP contribution is -2.37. The minimum Gasteiger partial charge on any atom is -0.492 e. The molecule has 112 valence electrons. The van der Waals surface area contributed by atoms with Crippen LogP contribution in [0.5, 0.6) is 5.75 Å². The zero-order valence-corrected chi connectivity index (χ0v) is 13.2. The second-order valence-electron chi connectivity index (χ2n) is 5.19. The van der Waals surface area contributed by atoms with Gasteiger partial charge in [0.15, 0.2) is 0 Å². The van der Waals surface area contributed by atoms with Crippen LogP contribution in [-0.4, -0.2) is 23.4 Å². The van der Waals surface area contributed by atoms with E-state index in [2.05, 4.69) is 29.4 Å². The van der Waals surface area contributed by atoms with E-state index < -0.39 is 0 Å².